The standard InChI is InChI=1S/C21H27N3O2/c1-19(2)8-5-6-20(19,3)9(7-8)22-17(25)23-15-10-11-13-12(10)16(24(23)18(22)26)21(13,4)14(11)15/h8-16H,5-7H2,1-4H3/t8-,9+,10-,11+,12+,13-,14-,15-,16-,20-,21-/m1/s1. The molecule has 5 nitrogen and oxygen atoms in total. The first kappa shape index (κ1) is 13.8. The number of aromatic nitrogens is 3. The third kappa shape index (κ3) is 0.861. The Kier molecular flexibility index (Phi) is 1.71. The number of fused-ring (bicyclic) bond motifs is 2. The van der Waals surface area contributed by atoms with E-state index in [-0.39, 0.29) is 28.3 Å². The van der Waals surface area contributed by atoms with Crippen LogP contribution in [-0.2, 0) is 0 Å². The van der Waals surface area contributed by atoms with Crippen molar-refractivity contribution in [1.29, 1.82) is 0 Å². The summed E-state index contributed by atoms with van der Waals surface area (Å²) in [4.78, 5) is 27.1. The van der Waals surface area contributed by atoms with Crippen LogP contribution in [0, 0.1) is 51.8 Å². The molecule has 1 aromatic rings. The van der Waals surface area contributed by atoms with E-state index >= 15 is 0 Å². The fourth-order valence-electron chi connectivity index (χ4n) is 10.5. The van der Waals surface area contributed by atoms with Crippen molar-refractivity contribution in [3.63, 3.8) is 0 Å². The van der Waals surface area contributed by atoms with Crippen LogP contribution in [0.15, 0.2) is 9.59 Å². The Morgan fingerprint density at radius 3 is 2.27 bits per heavy atom. The molecule has 1 aromatic heterocycles. The molecule has 6 aliphatic carbocycles. The van der Waals surface area contributed by atoms with Crippen molar-refractivity contribution < 1.29 is 0 Å². The number of hydrogen-bond acceptors (Lipinski definition) is 2. The summed E-state index contributed by atoms with van der Waals surface area (Å²) in [6.07, 6.45) is 3.41. The summed E-state index contributed by atoms with van der Waals surface area (Å²) in [5.41, 5.74) is 0.657. The Bertz CT molecular complexity index is 1060. The topological polar surface area (TPSA) is 48.9 Å². The monoisotopic (exact) mass is 353 g/mol. The molecule has 0 unspecified atom stereocenters. The lowest BCUT2D eigenvalue weighted by Crippen LogP contribution is -2.95. The fourth-order valence-corrected chi connectivity index (χ4v) is 10.5. The lowest BCUT2D eigenvalue weighted by atomic mass is 9.11. The van der Waals surface area contributed by atoms with Gasteiger partial charge in [-0.3, -0.25) is 0 Å². The van der Waals surface area contributed by atoms with E-state index in [2.05, 4.69) is 27.7 Å². The van der Waals surface area contributed by atoms with Crippen molar-refractivity contribution in [3.05, 3.63) is 21.0 Å². The Labute approximate surface area is 152 Å². The molecule has 0 N–H and O–H groups in total. The summed E-state index contributed by atoms with van der Waals surface area (Å²) in [7, 11) is 0. The van der Waals surface area contributed by atoms with Gasteiger partial charge in [0.1, 0.15) is 0 Å². The van der Waals surface area contributed by atoms with E-state index in [1.807, 2.05) is 9.36 Å². The maximum Gasteiger partial charge on any atom is 0.347 e. The Balaban J connectivity index is 1.37. The van der Waals surface area contributed by atoms with E-state index in [9.17, 15) is 9.59 Å². The predicted molar refractivity (Wildman–Crippen MR) is 94.8 cm³/mol. The lowest BCUT2D eigenvalue weighted by molar-refractivity contribution is -0.496. The molecule has 9 rings (SSSR count). The molecule has 2 aliphatic heterocycles. The number of rotatable bonds is 1. The van der Waals surface area contributed by atoms with Crippen LogP contribution in [-0.4, -0.2) is 13.9 Å². The van der Waals surface area contributed by atoms with Crippen LogP contribution in [0.4, 0.5) is 0 Å². The van der Waals surface area contributed by atoms with Gasteiger partial charge in [0, 0.05) is 6.04 Å². The van der Waals surface area contributed by atoms with Crippen LogP contribution in [0.25, 0.3) is 0 Å². The van der Waals surface area contributed by atoms with Crippen molar-refractivity contribution in [2.24, 2.45) is 51.8 Å². The highest BCUT2D eigenvalue weighted by molar-refractivity contribution is 5.42. The summed E-state index contributed by atoms with van der Waals surface area (Å²) < 4.78 is 5.64. The van der Waals surface area contributed by atoms with E-state index in [0.717, 1.165) is 30.6 Å². The molecule has 0 spiro atoms. The highest BCUT2D eigenvalue weighted by Crippen LogP contribution is 2.96. The van der Waals surface area contributed by atoms with E-state index in [0.29, 0.717) is 35.3 Å². The molecule has 6 saturated carbocycles. The normalized spacial score (nSPS) is 62.7. The second kappa shape index (κ2) is 3.22. The molecular weight excluding hydrogens is 326 g/mol. The molecule has 0 amide bonds. The molecule has 5 heteroatoms. The van der Waals surface area contributed by atoms with Gasteiger partial charge in [0.15, 0.2) is 0 Å². The summed E-state index contributed by atoms with van der Waals surface area (Å²) in [5.74, 6) is 4.52. The average molecular weight is 353 g/mol. The van der Waals surface area contributed by atoms with Crippen molar-refractivity contribution in [1.82, 2.24) is 13.9 Å². The van der Waals surface area contributed by atoms with Gasteiger partial charge >= 0.3 is 11.4 Å². The molecule has 11 atom stereocenters. The third-order valence-electron chi connectivity index (χ3n) is 12.0. The molecule has 3 heterocycles. The highest BCUT2D eigenvalue weighted by atomic mass is 16.2. The molecule has 6 fully saturated rings. The van der Waals surface area contributed by atoms with Gasteiger partial charge in [0.05, 0.1) is 12.1 Å². The first-order valence-corrected chi connectivity index (χ1v) is 10.7. The largest absolute Gasteiger partial charge is 0.347 e. The Morgan fingerprint density at radius 2 is 1.65 bits per heavy atom. The summed E-state index contributed by atoms with van der Waals surface area (Å²) >= 11 is 0. The predicted octanol–water partition coefficient (Wildman–Crippen LogP) is 2.44. The van der Waals surface area contributed by atoms with Gasteiger partial charge < -0.3 is 0 Å². The maximum atomic E-state index is 13.6. The van der Waals surface area contributed by atoms with E-state index in [1.165, 1.54) is 6.42 Å². The summed E-state index contributed by atoms with van der Waals surface area (Å²) in [5, 5.41) is 0. The number of nitrogens with zero attached hydrogens (tertiary/aromatic N) is 3. The zero-order chi connectivity index (χ0) is 17.7. The molecule has 0 aromatic carbocycles. The molecule has 26 heavy (non-hydrogen) atoms. The molecule has 4 bridgehead atoms. The highest BCUT2D eigenvalue weighted by Gasteiger charge is 2.95. The second-order valence-corrected chi connectivity index (χ2v) is 11.8. The van der Waals surface area contributed by atoms with Crippen LogP contribution in [0.3, 0.4) is 0 Å². The molecule has 0 radical (unpaired) electrons. The molecule has 138 valence electrons. The first-order chi connectivity index (χ1) is 12.3. The van der Waals surface area contributed by atoms with Crippen molar-refractivity contribution in [2.75, 3.05) is 0 Å². The number of hydrogen-bond donors (Lipinski definition) is 0. The molecular formula is C21H27N3O2. The maximum absolute atomic E-state index is 13.6. The second-order valence-electron chi connectivity index (χ2n) is 11.8. The van der Waals surface area contributed by atoms with Gasteiger partial charge in [-0.15, -0.1) is 0 Å². The smallest absolute Gasteiger partial charge is 0.246 e. The van der Waals surface area contributed by atoms with Crippen LogP contribution in [0.5, 0.6) is 0 Å². The zero-order valence-corrected chi connectivity index (χ0v) is 16.0. The quantitative estimate of drug-likeness (QED) is 0.779. The van der Waals surface area contributed by atoms with Crippen LogP contribution in [0.2, 0.25) is 0 Å². The minimum Gasteiger partial charge on any atom is -0.246 e. The SMILES string of the molecule is CC1(C)[C@@H]2CC[C@]1(C)[C@@H](n1c(=O)n3n(c1=O)[C@@H]1[C@H]4[C@H]5[C@H]6[C@H]4[C@]1(C)[C@H]6[C@@H]53)C2. The lowest BCUT2D eigenvalue weighted by Gasteiger charge is -2.96. The first-order valence-electron chi connectivity index (χ1n) is 10.7. The Hall–Kier alpha value is -1.26. The zero-order valence-electron chi connectivity index (χ0n) is 16.0. The van der Waals surface area contributed by atoms with Crippen LogP contribution in [0.1, 0.15) is 65.1 Å². The van der Waals surface area contributed by atoms with Gasteiger partial charge in [-0.1, -0.05) is 27.7 Å². The van der Waals surface area contributed by atoms with Gasteiger partial charge in [-0.25, -0.2) is 23.5 Å². The van der Waals surface area contributed by atoms with Crippen molar-refractivity contribution >= 4 is 0 Å². The fraction of sp³-hybridized carbons (Fsp3) is 0.905. The van der Waals surface area contributed by atoms with Crippen molar-refractivity contribution in [3.8, 4) is 0 Å². The van der Waals surface area contributed by atoms with Gasteiger partial charge in [0.2, 0.25) is 0 Å². The van der Waals surface area contributed by atoms with Crippen LogP contribution < -0.4 is 11.4 Å². The van der Waals surface area contributed by atoms with Crippen molar-refractivity contribution in [2.45, 2.75) is 65.1 Å². The van der Waals surface area contributed by atoms with E-state index < -0.39 is 0 Å². The van der Waals surface area contributed by atoms with Gasteiger partial charge in [-0.05, 0) is 71.0 Å². The minimum atomic E-state index is 0.0199. The van der Waals surface area contributed by atoms with Gasteiger partial charge in [0.25, 0.3) is 0 Å². The molecule has 8 aliphatic rings. The van der Waals surface area contributed by atoms with Gasteiger partial charge in [-0.2, -0.15) is 0 Å². The summed E-state index contributed by atoms with van der Waals surface area (Å²) in [6.45, 7) is 9.47. The Morgan fingerprint density at radius 1 is 0.923 bits per heavy atom. The molecule has 0 saturated heterocycles. The third-order valence-corrected chi connectivity index (χ3v) is 12.0. The average Bonchev–Trinajstić information content (AvgIpc) is 2.99. The van der Waals surface area contributed by atoms with Crippen LogP contribution >= 0.6 is 0 Å². The summed E-state index contributed by atoms with van der Waals surface area (Å²) in [6, 6.07) is 0.748. The van der Waals surface area contributed by atoms with E-state index in [1.54, 1.807) is 4.57 Å². The van der Waals surface area contributed by atoms with E-state index in [4.69, 9.17) is 0 Å². The minimum absolute atomic E-state index is 0.0199.